The van der Waals surface area contributed by atoms with Crippen molar-refractivity contribution in [3.63, 3.8) is 0 Å². The van der Waals surface area contributed by atoms with E-state index in [0.717, 1.165) is 0 Å². The molecular weight excluding hydrogens is 313 g/mol. The van der Waals surface area contributed by atoms with Gasteiger partial charge in [-0.3, -0.25) is 10.1 Å². The van der Waals surface area contributed by atoms with Gasteiger partial charge >= 0.3 is 6.03 Å². The van der Waals surface area contributed by atoms with E-state index in [1.165, 1.54) is 18.2 Å². The fourth-order valence-electron chi connectivity index (χ4n) is 1.55. The molecule has 2 aromatic rings. The summed E-state index contributed by atoms with van der Waals surface area (Å²) >= 11 is 11.6. The molecule has 0 heterocycles. The van der Waals surface area contributed by atoms with Crippen LogP contribution in [0.4, 0.5) is 16.2 Å². The first kappa shape index (κ1) is 15.2. The van der Waals surface area contributed by atoms with E-state index in [1.807, 2.05) is 0 Å². The fraction of sp³-hybridized carbons (Fsp3) is 0. The number of rotatable bonds is 2. The van der Waals surface area contributed by atoms with Gasteiger partial charge in [0.25, 0.3) is 5.91 Å². The number of hydrogen-bond acceptors (Lipinski definition) is 3. The van der Waals surface area contributed by atoms with E-state index in [-0.39, 0.29) is 0 Å². The summed E-state index contributed by atoms with van der Waals surface area (Å²) in [5.41, 5.74) is 6.81. The molecule has 0 aliphatic rings. The lowest BCUT2D eigenvalue weighted by Crippen LogP contribution is -2.34. The van der Waals surface area contributed by atoms with Crippen LogP contribution < -0.4 is 16.4 Å². The van der Waals surface area contributed by atoms with E-state index >= 15 is 0 Å². The van der Waals surface area contributed by atoms with Crippen molar-refractivity contribution in [1.82, 2.24) is 5.32 Å². The molecule has 0 bridgehead atoms. The maximum atomic E-state index is 11.8. The van der Waals surface area contributed by atoms with Crippen LogP contribution in [-0.2, 0) is 0 Å². The van der Waals surface area contributed by atoms with Crippen LogP contribution in [0.2, 0.25) is 10.0 Å². The monoisotopic (exact) mass is 323 g/mol. The Hall–Kier alpha value is -2.24. The highest BCUT2D eigenvalue weighted by Gasteiger charge is 2.10. The number of nitrogens with one attached hydrogen (secondary N) is 2. The molecule has 2 rings (SSSR count). The third-order valence-electron chi connectivity index (χ3n) is 2.58. The first-order valence-corrected chi connectivity index (χ1v) is 6.64. The minimum absolute atomic E-state index is 0.305. The van der Waals surface area contributed by atoms with Crippen LogP contribution in [0.5, 0.6) is 0 Å². The van der Waals surface area contributed by atoms with Gasteiger partial charge in [-0.2, -0.15) is 0 Å². The second-order valence-electron chi connectivity index (χ2n) is 4.16. The molecule has 0 aliphatic carbocycles. The predicted molar refractivity (Wildman–Crippen MR) is 83.8 cm³/mol. The minimum atomic E-state index is -0.671. The highest BCUT2D eigenvalue weighted by Crippen LogP contribution is 2.24. The maximum Gasteiger partial charge on any atom is 0.326 e. The number of imide groups is 1. The van der Waals surface area contributed by atoms with Gasteiger partial charge in [-0.1, -0.05) is 23.2 Å². The number of anilines is 2. The number of amides is 3. The summed E-state index contributed by atoms with van der Waals surface area (Å²) in [4.78, 5) is 23.5. The Labute approximate surface area is 131 Å². The molecule has 0 radical (unpaired) electrons. The lowest BCUT2D eigenvalue weighted by atomic mass is 10.2. The van der Waals surface area contributed by atoms with Crippen molar-refractivity contribution in [2.75, 3.05) is 11.1 Å². The zero-order valence-electron chi connectivity index (χ0n) is 10.7. The van der Waals surface area contributed by atoms with E-state index in [9.17, 15) is 9.59 Å². The predicted octanol–water partition coefficient (Wildman–Crippen LogP) is 3.54. The topological polar surface area (TPSA) is 84.2 Å². The number of benzene rings is 2. The van der Waals surface area contributed by atoms with Gasteiger partial charge < -0.3 is 11.1 Å². The van der Waals surface area contributed by atoms with E-state index in [4.69, 9.17) is 28.9 Å². The molecule has 0 saturated carbocycles. The lowest BCUT2D eigenvalue weighted by Gasteiger charge is -2.07. The van der Waals surface area contributed by atoms with Crippen molar-refractivity contribution in [2.24, 2.45) is 0 Å². The van der Waals surface area contributed by atoms with Crippen LogP contribution in [0.3, 0.4) is 0 Å². The first-order valence-electron chi connectivity index (χ1n) is 5.88. The smallest absolute Gasteiger partial charge is 0.326 e. The van der Waals surface area contributed by atoms with Gasteiger partial charge in [-0.25, -0.2) is 4.79 Å². The molecule has 7 heteroatoms. The van der Waals surface area contributed by atoms with Crippen molar-refractivity contribution in [1.29, 1.82) is 0 Å². The summed E-state index contributed by atoms with van der Waals surface area (Å²) in [6.45, 7) is 0. The molecule has 0 saturated heterocycles. The molecule has 21 heavy (non-hydrogen) atoms. The van der Waals surface area contributed by atoms with Crippen LogP contribution in [0.25, 0.3) is 0 Å². The molecule has 0 atom stereocenters. The number of halogens is 2. The minimum Gasteiger partial charge on any atom is -0.399 e. The molecule has 0 unspecified atom stereocenters. The van der Waals surface area contributed by atoms with Gasteiger partial charge in [0.2, 0.25) is 0 Å². The number of carbonyl (C=O) groups excluding carboxylic acids is 2. The zero-order chi connectivity index (χ0) is 15.4. The third-order valence-corrected chi connectivity index (χ3v) is 3.32. The number of carbonyl (C=O) groups is 2. The van der Waals surface area contributed by atoms with E-state index < -0.39 is 11.9 Å². The summed E-state index contributed by atoms with van der Waals surface area (Å²) in [5, 5.41) is 5.36. The average molecular weight is 324 g/mol. The van der Waals surface area contributed by atoms with Gasteiger partial charge in [0.1, 0.15) is 0 Å². The van der Waals surface area contributed by atoms with Gasteiger partial charge in [0.15, 0.2) is 0 Å². The van der Waals surface area contributed by atoms with Gasteiger partial charge in [0.05, 0.1) is 10.0 Å². The second-order valence-corrected chi connectivity index (χ2v) is 4.97. The largest absolute Gasteiger partial charge is 0.399 e. The van der Waals surface area contributed by atoms with Crippen molar-refractivity contribution < 1.29 is 9.59 Å². The Morgan fingerprint density at radius 1 is 0.952 bits per heavy atom. The Morgan fingerprint density at radius 3 is 2.24 bits per heavy atom. The summed E-state index contributed by atoms with van der Waals surface area (Å²) in [7, 11) is 0. The SMILES string of the molecule is Nc1ccc(C(=O)NC(=O)Nc2ccc(Cl)c(Cl)c2)cc1. The zero-order valence-corrected chi connectivity index (χ0v) is 12.2. The summed E-state index contributed by atoms with van der Waals surface area (Å²) in [6, 6.07) is 10.1. The third kappa shape index (κ3) is 4.11. The Kier molecular flexibility index (Phi) is 4.67. The highest BCUT2D eigenvalue weighted by atomic mass is 35.5. The maximum absolute atomic E-state index is 11.8. The molecular formula is C14H11Cl2N3O2. The van der Waals surface area contributed by atoms with E-state index in [1.54, 1.807) is 24.3 Å². The number of hydrogen-bond donors (Lipinski definition) is 3. The highest BCUT2D eigenvalue weighted by molar-refractivity contribution is 6.42. The number of urea groups is 1. The molecule has 0 aliphatic heterocycles. The van der Waals surface area contributed by atoms with Gasteiger partial charge in [0, 0.05) is 16.9 Å². The second kappa shape index (κ2) is 6.47. The molecule has 5 nitrogen and oxygen atoms in total. The van der Waals surface area contributed by atoms with E-state index in [0.29, 0.717) is 27.0 Å². The van der Waals surface area contributed by atoms with E-state index in [2.05, 4.69) is 10.6 Å². The molecule has 108 valence electrons. The molecule has 0 fully saturated rings. The first-order chi connectivity index (χ1) is 9.95. The quantitative estimate of drug-likeness (QED) is 0.739. The lowest BCUT2D eigenvalue weighted by molar-refractivity contribution is 0.0967. The Balaban J connectivity index is 1.99. The summed E-state index contributed by atoms with van der Waals surface area (Å²) in [5.74, 6) is -0.535. The number of nitrogen functional groups attached to an aromatic ring is 1. The van der Waals surface area contributed by atoms with Crippen molar-refractivity contribution in [2.45, 2.75) is 0 Å². The van der Waals surface area contributed by atoms with Crippen molar-refractivity contribution >= 4 is 46.5 Å². The molecule has 4 N–H and O–H groups in total. The fourth-order valence-corrected chi connectivity index (χ4v) is 1.84. The number of nitrogens with two attached hydrogens (primary N) is 1. The Bertz CT molecular complexity index is 687. The van der Waals surface area contributed by atoms with Crippen molar-refractivity contribution in [3.8, 4) is 0 Å². The molecule has 2 aromatic carbocycles. The van der Waals surface area contributed by atoms with Crippen LogP contribution >= 0.6 is 23.2 Å². The van der Waals surface area contributed by atoms with Crippen molar-refractivity contribution in [3.05, 3.63) is 58.1 Å². The molecule has 0 aromatic heterocycles. The standard InChI is InChI=1S/C14H11Cl2N3O2/c15-11-6-5-10(7-12(11)16)18-14(21)19-13(20)8-1-3-9(17)4-2-8/h1-7H,17H2,(H2,18,19,20,21). The molecule has 0 spiro atoms. The van der Waals surface area contributed by atoms with Crippen LogP contribution in [0.1, 0.15) is 10.4 Å². The normalized spacial score (nSPS) is 10.0. The Morgan fingerprint density at radius 2 is 1.62 bits per heavy atom. The van der Waals surface area contributed by atoms with Crippen LogP contribution in [0, 0.1) is 0 Å². The molecule has 3 amide bonds. The van der Waals surface area contributed by atoms with Crippen LogP contribution in [0.15, 0.2) is 42.5 Å². The summed E-state index contributed by atoms with van der Waals surface area (Å²) < 4.78 is 0. The summed E-state index contributed by atoms with van der Waals surface area (Å²) in [6.07, 6.45) is 0. The average Bonchev–Trinajstić information content (AvgIpc) is 2.43. The van der Waals surface area contributed by atoms with Gasteiger partial charge in [-0.05, 0) is 42.5 Å². The van der Waals surface area contributed by atoms with Crippen LogP contribution in [-0.4, -0.2) is 11.9 Å². The van der Waals surface area contributed by atoms with Gasteiger partial charge in [-0.15, -0.1) is 0 Å².